The number of piperidine rings is 1. The predicted octanol–water partition coefficient (Wildman–Crippen LogP) is 3.07. The van der Waals surface area contributed by atoms with Crippen molar-refractivity contribution in [2.75, 3.05) is 27.2 Å². The second-order valence-corrected chi connectivity index (χ2v) is 7.41. The standard InChI is InChI=1S/C20H27ClN6O.HI/c1-22-19(28)11-15-7-9-26(10-8-15)20(23-2)24-12-16-13-25-27(14-16)18-5-3-17(21)4-6-18;/h3-6,13-15H,7-12H2,1-2H3,(H,22,28)(H,23,24);1H. The van der Waals surface area contributed by atoms with E-state index in [2.05, 4.69) is 25.6 Å². The van der Waals surface area contributed by atoms with Gasteiger partial charge in [0.1, 0.15) is 0 Å². The third-order valence-corrected chi connectivity index (χ3v) is 5.31. The number of benzene rings is 1. The number of hydrogen-bond donors (Lipinski definition) is 2. The number of nitrogens with one attached hydrogen (secondary N) is 2. The van der Waals surface area contributed by atoms with Gasteiger partial charge in [0.15, 0.2) is 5.96 Å². The van der Waals surface area contributed by atoms with Gasteiger partial charge in [-0.1, -0.05) is 11.6 Å². The number of aliphatic imine (C=N–C) groups is 1. The summed E-state index contributed by atoms with van der Waals surface area (Å²) >= 11 is 5.94. The number of halogens is 2. The van der Waals surface area contributed by atoms with Gasteiger partial charge >= 0.3 is 0 Å². The van der Waals surface area contributed by atoms with Crippen molar-refractivity contribution in [1.29, 1.82) is 0 Å². The van der Waals surface area contributed by atoms with Crippen LogP contribution in [0.4, 0.5) is 0 Å². The Balaban J connectivity index is 0.00000300. The van der Waals surface area contributed by atoms with Crippen molar-refractivity contribution in [2.45, 2.75) is 25.8 Å². The molecular weight excluding hydrogens is 503 g/mol. The largest absolute Gasteiger partial charge is 0.359 e. The van der Waals surface area contributed by atoms with Crippen LogP contribution in [0.2, 0.25) is 5.02 Å². The molecule has 2 aromatic rings. The van der Waals surface area contributed by atoms with Crippen molar-refractivity contribution in [3.8, 4) is 5.69 Å². The van der Waals surface area contributed by atoms with Crippen molar-refractivity contribution in [2.24, 2.45) is 10.9 Å². The third-order valence-electron chi connectivity index (χ3n) is 5.06. The molecule has 3 rings (SSSR count). The molecule has 0 atom stereocenters. The van der Waals surface area contributed by atoms with Gasteiger partial charge in [-0.05, 0) is 43.0 Å². The molecule has 158 valence electrons. The molecule has 1 aromatic carbocycles. The number of amides is 1. The van der Waals surface area contributed by atoms with Crippen molar-refractivity contribution in [1.82, 2.24) is 25.3 Å². The van der Waals surface area contributed by atoms with Crippen molar-refractivity contribution in [3.05, 3.63) is 47.2 Å². The van der Waals surface area contributed by atoms with Gasteiger partial charge < -0.3 is 15.5 Å². The predicted molar refractivity (Wildman–Crippen MR) is 127 cm³/mol. The lowest BCUT2D eigenvalue weighted by Gasteiger charge is -2.34. The zero-order chi connectivity index (χ0) is 19.9. The highest BCUT2D eigenvalue weighted by molar-refractivity contribution is 14.0. The van der Waals surface area contributed by atoms with Crippen LogP contribution in [0, 0.1) is 5.92 Å². The van der Waals surface area contributed by atoms with Gasteiger partial charge in [-0.25, -0.2) is 4.68 Å². The Hall–Kier alpha value is -1.81. The Labute approximate surface area is 193 Å². The van der Waals surface area contributed by atoms with Crippen LogP contribution in [0.25, 0.3) is 5.69 Å². The third kappa shape index (κ3) is 6.60. The molecule has 0 spiro atoms. The average Bonchev–Trinajstić information content (AvgIpc) is 3.19. The van der Waals surface area contributed by atoms with E-state index < -0.39 is 0 Å². The minimum Gasteiger partial charge on any atom is -0.359 e. The normalized spacial score (nSPS) is 15.0. The van der Waals surface area contributed by atoms with Gasteiger partial charge in [0, 0.05) is 56.9 Å². The summed E-state index contributed by atoms with van der Waals surface area (Å²) in [5.74, 6) is 1.46. The molecule has 1 aliphatic heterocycles. The number of aromatic nitrogens is 2. The molecule has 1 aliphatic rings. The van der Waals surface area contributed by atoms with Gasteiger partial charge in [0.2, 0.25) is 5.91 Å². The average molecular weight is 531 g/mol. The van der Waals surface area contributed by atoms with Crippen molar-refractivity contribution in [3.63, 3.8) is 0 Å². The molecule has 1 saturated heterocycles. The maximum absolute atomic E-state index is 11.6. The zero-order valence-electron chi connectivity index (χ0n) is 16.8. The van der Waals surface area contributed by atoms with E-state index in [-0.39, 0.29) is 29.9 Å². The summed E-state index contributed by atoms with van der Waals surface area (Å²) in [7, 11) is 3.49. The van der Waals surface area contributed by atoms with E-state index in [0.29, 0.717) is 23.9 Å². The van der Waals surface area contributed by atoms with Crippen molar-refractivity contribution >= 4 is 47.4 Å². The Bertz CT molecular complexity index is 815. The molecule has 0 unspecified atom stereocenters. The number of hydrogen-bond acceptors (Lipinski definition) is 3. The topological polar surface area (TPSA) is 74.5 Å². The molecule has 1 fully saturated rings. The maximum Gasteiger partial charge on any atom is 0.220 e. The second-order valence-electron chi connectivity index (χ2n) is 6.98. The number of rotatable bonds is 5. The van der Waals surface area contributed by atoms with E-state index in [1.807, 2.05) is 41.3 Å². The molecule has 1 aromatic heterocycles. The Morgan fingerprint density at radius 3 is 2.59 bits per heavy atom. The lowest BCUT2D eigenvalue weighted by atomic mass is 9.93. The van der Waals surface area contributed by atoms with Crippen LogP contribution >= 0.6 is 35.6 Å². The quantitative estimate of drug-likeness (QED) is 0.354. The first kappa shape index (κ1) is 23.5. The minimum atomic E-state index is 0. The lowest BCUT2D eigenvalue weighted by Crippen LogP contribution is -2.45. The van der Waals surface area contributed by atoms with E-state index in [1.54, 1.807) is 14.1 Å². The van der Waals surface area contributed by atoms with Gasteiger partial charge in [-0.2, -0.15) is 5.10 Å². The smallest absolute Gasteiger partial charge is 0.220 e. The van der Waals surface area contributed by atoms with Crippen molar-refractivity contribution < 1.29 is 4.79 Å². The number of nitrogens with zero attached hydrogens (tertiary/aromatic N) is 4. The molecule has 29 heavy (non-hydrogen) atoms. The minimum absolute atomic E-state index is 0. The number of carbonyl (C=O) groups excluding carboxylic acids is 1. The van der Waals surface area contributed by atoms with Gasteiger partial charge in [0.05, 0.1) is 11.9 Å². The molecular formula is C20H28ClIN6O. The fourth-order valence-corrected chi connectivity index (χ4v) is 3.54. The van der Waals surface area contributed by atoms with E-state index in [9.17, 15) is 4.79 Å². The van der Waals surface area contributed by atoms with Gasteiger partial charge in [-0.3, -0.25) is 9.79 Å². The fraction of sp³-hybridized carbons (Fsp3) is 0.450. The number of likely N-dealkylation sites (tertiary alicyclic amines) is 1. The van der Waals surface area contributed by atoms with Crippen LogP contribution in [0.3, 0.4) is 0 Å². The summed E-state index contributed by atoms with van der Waals surface area (Å²) in [5, 5.41) is 11.3. The first-order chi connectivity index (χ1) is 13.6. The lowest BCUT2D eigenvalue weighted by molar-refractivity contribution is -0.121. The van der Waals surface area contributed by atoms with Crippen LogP contribution in [-0.2, 0) is 11.3 Å². The number of carbonyl (C=O) groups is 1. The highest BCUT2D eigenvalue weighted by atomic mass is 127. The summed E-state index contributed by atoms with van der Waals surface area (Å²) in [5.41, 5.74) is 2.05. The summed E-state index contributed by atoms with van der Waals surface area (Å²) in [6, 6.07) is 7.58. The van der Waals surface area contributed by atoms with Crippen LogP contribution in [-0.4, -0.2) is 53.7 Å². The monoisotopic (exact) mass is 530 g/mol. The van der Waals surface area contributed by atoms with Gasteiger partial charge in [0.25, 0.3) is 0 Å². The molecule has 0 aliphatic carbocycles. The van der Waals surface area contributed by atoms with Crippen LogP contribution < -0.4 is 10.6 Å². The van der Waals surface area contributed by atoms with Gasteiger partial charge in [-0.15, -0.1) is 24.0 Å². The molecule has 7 nitrogen and oxygen atoms in total. The van der Waals surface area contributed by atoms with E-state index >= 15 is 0 Å². The van der Waals surface area contributed by atoms with E-state index in [4.69, 9.17) is 11.6 Å². The fourth-order valence-electron chi connectivity index (χ4n) is 3.41. The Kier molecular flexibility index (Phi) is 9.22. The Morgan fingerprint density at radius 2 is 1.97 bits per heavy atom. The van der Waals surface area contributed by atoms with E-state index in [1.165, 1.54) is 0 Å². The molecule has 0 radical (unpaired) electrons. The highest BCUT2D eigenvalue weighted by Gasteiger charge is 2.23. The van der Waals surface area contributed by atoms with E-state index in [0.717, 1.165) is 43.1 Å². The number of guanidine groups is 1. The maximum atomic E-state index is 11.6. The van der Waals surface area contributed by atoms with Crippen LogP contribution in [0.15, 0.2) is 41.7 Å². The first-order valence-electron chi connectivity index (χ1n) is 9.54. The summed E-state index contributed by atoms with van der Waals surface area (Å²) in [6.45, 7) is 2.47. The SMILES string of the molecule is CN=C(NCc1cnn(-c2ccc(Cl)cc2)c1)N1CCC(CC(=O)NC)CC1.I. The Morgan fingerprint density at radius 1 is 1.28 bits per heavy atom. The van der Waals surface area contributed by atoms with Crippen LogP contribution in [0.5, 0.6) is 0 Å². The summed E-state index contributed by atoms with van der Waals surface area (Å²) < 4.78 is 1.83. The summed E-state index contributed by atoms with van der Waals surface area (Å²) in [4.78, 5) is 18.2. The molecule has 0 saturated carbocycles. The first-order valence-corrected chi connectivity index (χ1v) is 9.92. The molecule has 9 heteroatoms. The molecule has 2 heterocycles. The molecule has 2 N–H and O–H groups in total. The van der Waals surface area contributed by atoms with Crippen LogP contribution in [0.1, 0.15) is 24.8 Å². The zero-order valence-corrected chi connectivity index (χ0v) is 19.9. The highest BCUT2D eigenvalue weighted by Crippen LogP contribution is 2.20. The molecule has 0 bridgehead atoms. The summed E-state index contributed by atoms with van der Waals surface area (Å²) in [6.07, 6.45) is 6.47. The molecule has 1 amide bonds. The second kappa shape index (κ2) is 11.4.